The van der Waals surface area contributed by atoms with E-state index >= 15 is 0 Å². The lowest BCUT2D eigenvalue weighted by Gasteiger charge is -2.20. The molecule has 0 rings (SSSR count). The highest BCUT2D eigenvalue weighted by Gasteiger charge is 2.23. The van der Waals surface area contributed by atoms with Crippen molar-refractivity contribution < 1.29 is 19.4 Å². The van der Waals surface area contributed by atoms with Crippen LogP contribution in [0, 0.1) is 5.92 Å². The quantitative estimate of drug-likeness (QED) is 0.522. The van der Waals surface area contributed by atoms with Gasteiger partial charge in [-0.25, -0.2) is 0 Å². The molecule has 0 heterocycles. The summed E-state index contributed by atoms with van der Waals surface area (Å²) in [6.45, 7) is 3.75. The molecule has 0 radical (unpaired) electrons. The summed E-state index contributed by atoms with van der Waals surface area (Å²) in [4.78, 5) is 22.3. The number of aliphatic carboxylic acids is 1. The zero-order valence-electron chi connectivity index (χ0n) is 10.6. The second kappa shape index (κ2) is 8.03. The van der Waals surface area contributed by atoms with Gasteiger partial charge < -0.3 is 20.9 Å². The fourth-order valence-electron chi connectivity index (χ4n) is 1.25. The van der Waals surface area contributed by atoms with Crippen molar-refractivity contribution in [2.75, 3.05) is 13.7 Å². The number of hydrogen-bond donors (Lipinski definition) is 3. The van der Waals surface area contributed by atoms with Crippen LogP contribution >= 0.6 is 0 Å². The van der Waals surface area contributed by atoms with Crippen LogP contribution in [0.15, 0.2) is 0 Å². The van der Waals surface area contributed by atoms with Gasteiger partial charge in [-0.15, -0.1) is 0 Å². The molecule has 1 amide bonds. The second-order valence-corrected chi connectivity index (χ2v) is 4.17. The smallest absolute Gasteiger partial charge is 0.308 e. The van der Waals surface area contributed by atoms with Crippen molar-refractivity contribution >= 4 is 11.9 Å². The molecule has 100 valence electrons. The predicted molar refractivity (Wildman–Crippen MR) is 63.5 cm³/mol. The average molecular weight is 246 g/mol. The fourth-order valence-corrected chi connectivity index (χ4v) is 1.25. The molecule has 0 aromatic rings. The monoisotopic (exact) mass is 246 g/mol. The number of carbonyl (C=O) groups is 2. The van der Waals surface area contributed by atoms with Gasteiger partial charge in [-0.1, -0.05) is 0 Å². The molecular weight excluding hydrogens is 224 g/mol. The summed E-state index contributed by atoms with van der Waals surface area (Å²) in [5.41, 5.74) is 5.67. The Balaban J connectivity index is 4.02. The van der Waals surface area contributed by atoms with Gasteiger partial charge in [-0.2, -0.15) is 0 Å². The van der Waals surface area contributed by atoms with Gasteiger partial charge in [0.15, 0.2) is 0 Å². The Morgan fingerprint density at radius 1 is 1.41 bits per heavy atom. The summed E-state index contributed by atoms with van der Waals surface area (Å²) < 4.78 is 4.86. The SMILES string of the molecule is COCCCC(N)C(=O)NC(C)C(C)C(=O)O. The molecule has 3 atom stereocenters. The molecule has 6 heteroatoms. The molecule has 17 heavy (non-hydrogen) atoms. The second-order valence-electron chi connectivity index (χ2n) is 4.17. The number of rotatable bonds is 8. The molecule has 6 nitrogen and oxygen atoms in total. The van der Waals surface area contributed by atoms with E-state index in [4.69, 9.17) is 15.6 Å². The number of carboxylic acid groups (broad SMARTS) is 1. The standard InChI is InChI=1S/C11H22N2O4/c1-7(11(15)16)8(2)13-10(14)9(12)5-4-6-17-3/h7-9H,4-6,12H2,1-3H3,(H,13,14)(H,15,16). The van der Waals surface area contributed by atoms with Crippen LogP contribution in [0.1, 0.15) is 26.7 Å². The van der Waals surface area contributed by atoms with Crippen LogP contribution in [0.4, 0.5) is 0 Å². The topological polar surface area (TPSA) is 102 Å². The van der Waals surface area contributed by atoms with E-state index in [1.165, 1.54) is 0 Å². The van der Waals surface area contributed by atoms with Crippen LogP contribution < -0.4 is 11.1 Å². The number of methoxy groups -OCH3 is 1. The predicted octanol–water partition coefficient (Wildman–Crippen LogP) is -0.0343. The van der Waals surface area contributed by atoms with Crippen LogP contribution in [0.25, 0.3) is 0 Å². The summed E-state index contributed by atoms with van der Waals surface area (Å²) in [6.07, 6.45) is 1.22. The van der Waals surface area contributed by atoms with E-state index in [0.717, 1.165) is 0 Å². The third-order valence-corrected chi connectivity index (χ3v) is 2.71. The maximum atomic E-state index is 11.6. The first-order valence-electron chi connectivity index (χ1n) is 5.67. The fraction of sp³-hybridized carbons (Fsp3) is 0.818. The van der Waals surface area contributed by atoms with Crippen molar-refractivity contribution in [2.45, 2.75) is 38.8 Å². The van der Waals surface area contributed by atoms with Crippen LogP contribution in [0.2, 0.25) is 0 Å². The number of hydrogen-bond acceptors (Lipinski definition) is 4. The van der Waals surface area contributed by atoms with Crippen LogP contribution in [0.5, 0.6) is 0 Å². The van der Waals surface area contributed by atoms with Gasteiger partial charge >= 0.3 is 5.97 Å². The molecule has 0 saturated carbocycles. The van der Waals surface area contributed by atoms with Crippen molar-refractivity contribution in [3.63, 3.8) is 0 Å². The van der Waals surface area contributed by atoms with E-state index < -0.39 is 24.0 Å². The number of amides is 1. The third-order valence-electron chi connectivity index (χ3n) is 2.71. The number of carboxylic acids is 1. The Bertz CT molecular complexity index is 258. The van der Waals surface area contributed by atoms with Crippen molar-refractivity contribution in [1.29, 1.82) is 0 Å². The summed E-state index contributed by atoms with van der Waals surface area (Å²) >= 11 is 0. The van der Waals surface area contributed by atoms with Crippen LogP contribution in [-0.4, -0.2) is 42.8 Å². The summed E-state index contributed by atoms with van der Waals surface area (Å²) in [7, 11) is 1.59. The maximum Gasteiger partial charge on any atom is 0.308 e. The van der Waals surface area contributed by atoms with Crippen LogP contribution in [0.3, 0.4) is 0 Å². The van der Waals surface area contributed by atoms with Crippen molar-refractivity contribution in [3.8, 4) is 0 Å². The molecular formula is C11H22N2O4. The molecule has 0 aliphatic heterocycles. The average Bonchev–Trinajstić information content (AvgIpc) is 2.27. The lowest BCUT2D eigenvalue weighted by atomic mass is 10.0. The number of nitrogens with two attached hydrogens (primary N) is 1. The van der Waals surface area contributed by atoms with Gasteiger partial charge in [0.2, 0.25) is 5.91 Å². The number of nitrogens with one attached hydrogen (secondary N) is 1. The zero-order valence-corrected chi connectivity index (χ0v) is 10.6. The lowest BCUT2D eigenvalue weighted by Crippen LogP contribution is -2.47. The Labute approximate surface area is 102 Å². The molecule has 0 aromatic heterocycles. The van der Waals surface area contributed by atoms with E-state index in [0.29, 0.717) is 19.4 Å². The lowest BCUT2D eigenvalue weighted by molar-refractivity contribution is -0.142. The zero-order chi connectivity index (χ0) is 13.4. The Kier molecular flexibility index (Phi) is 7.49. The van der Waals surface area contributed by atoms with E-state index in [2.05, 4.69) is 5.32 Å². The first-order chi connectivity index (χ1) is 7.90. The van der Waals surface area contributed by atoms with E-state index in [1.54, 1.807) is 21.0 Å². The summed E-state index contributed by atoms with van der Waals surface area (Å²) in [5.74, 6) is -1.89. The Morgan fingerprint density at radius 3 is 2.47 bits per heavy atom. The van der Waals surface area contributed by atoms with Gasteiger partial charge in [0.05, 0.1) is 12.0 Å². The highest BCUT2D eigenvalue weighted by atomic mass is 16.5. The molecule has 4 N–H and O–H groups in total. The third kappa shape index (κ3) is 6.23. The minimum absolute atomic E-state index is 0.318. The highest BCUT2D eigenvalue weighted by molar-refractivity contribution is 5.82. The van der Waals surface area contributed by atoms with Gasteiger partial charge in [0.1, 0.15) is 0 Å². The van der Waals surface area contributed by atoms with Crippen molar-refractivity contribution in [2.24, 2.45) is 11.7 Å². The normalized spacial score (nSPS) is 16.0. The molecule has 0 spiro atoms. The first kappa shape index (κ1) is 15.9. The molecule has 0 fully saturated rings. The molecule has 0 aromatic carbocycles. The molecule has 0 aliphatic carbocycles. The largest absolute Gasteiger partial charge is 0.481 e. The Morgan fingerprint density at radius 2 is 2.00 bits per heavy atom. The minimum Gasteiger partial charge on any atom is -0.481 e. The summed E-state index contributed by atoms with van der Waals surface area (Å²) in [5, 5.41) is 11.4. The van der Waals surface area contributed by atoms with Crippen molar-refractivity contribution in [1.82, 2.24) is 5.32 Å². The molecule has 3 unspecified atom stereocenters. The van der Waals surface area contributed by atoms with E-state index in [9.17, 15) is 9.59 Å². The van der Waals surface area contributed by atoms with E-state index in [-0.39, 0.29) is 5.91 Å². The van der Waals surface area contributed by atoms with Crippen LogP contribution in [-0.2, 0) is 14.3 Å². The number of carbonyl (C=O) groups excluding carboxylic acids is 1. The number of ether oxygens (including phenoxy) is 1. The molecule has 0 aliphatic rings. The van der Waals surface area contributed by atoms with Crippen molar-refractivity contribution in [3.05, 3.63) is 0 Å². The highest BCUT2D eigenvalue weighted by Crippen LogP contribution is 2.03. The van der Waals surface area contributed by atoms with Gasteiger partial charge in [0.25, 0.3) is 0 Å². The molecule has 0 saturated heterocycles. The van der Waals surface area contributed by atoms with E-state index in [1.807, 2.05) is 0 Å². The Hall–Kier alpha value is -1.14. The minimum atomic E-state index is -0.939. The molecule has 0 bridgehead atoms. The summed E-state index contributed by atoms with van der Waals surface area (Å²) in [6, 6.07) is -1.05. The van der Waals surface area contributed by atoms with Gasteiger partial charge in [-0.3, -0.25) is 9.59 Å². The maximum absolute atomic E-state index is 11.6. The van der Waals surface area contributed by atoms with Gasteiger partial charge in [-0.05, 0) is 26.7 Å². The van der Waals surface area contributed by atoms with Gasteiger partial charge in [0, 0.05) is 19.8 Å². The first-order valence-corrected chi connectivity index (χ1v) is 5.67.